The molecule has 2 aromatic carbocycles. The fourth-order valence-corrected chi connectivity index (χ4v) is 2.04. The maximum atomic E-state index is 13.7. The van der Waals surface area contributed by atoms with E-state index in [1.807, 2.05) is 24.3 Å². The first kappa shape index (κ1) is 16.1. The van der Waals surface area contributed by atoms with Gasteiger partial charge in [0.1, 0.15) is 11.6 Å². The highest BCUT2D eigenvalue weighted by Crippen LogP contribution is 2.19. The minimum Gasteiger partial charge on any atom is -0.497 e. The van der Waals surface area contributed by atoms with Crippen molar-refractivity contribution >= 4 is 23.3 Å². The summed E-state index contributed by atoms with van der Waals surface area (Å²) in [6, 6.07) is 11.1. The number of amides is 2. The molecule has 0 saturated carbocycles. The number of carbonyl (C=O) groups is 1. The van der Waals surface area contributed by atoms with Crippen LogP contribution in [0.4, 0.5) is 14.9 Å². The van der Waals surface area contributed by atoms with Gasteiger partial charge in [-0.3, -0.25) is 0 Å². The van der Waals surface area contributed by atoms with Crippen LogP contribution in [0.3, 0.4) is 0 Å². The van der Waals surface area contributed by atoms with Gasteiger partial charge in [-0.1, -0.05) is 23.7 Å². The first-order valence-electron chi connectivity index (χ1n) is 6.59. The number of benzene rings is 2. The van der Waals surface area contributed by atoms with E-state index >= 15 is 0 Å². The van der Waals surface area contributed by atoms with Gasteiger partial charge in [0, 0.05) is 18.6 Å². The van der Waals surface area contributed by atoms with Crippen LogP contribution in [0.25, 0.3) is 0 Å². The van der Waals surface area contributed by atoms with Crippen molar-refractivity contribution < 1.29 is 13.9 Å². The molecule has 0 saturated heterocycles. The molecule has 1 N–H and O–H groups in total. The van der Waals surface area contributed by atoms with E-state index in [1.165, 1.54) is 17.0 Å². The number of methoxy groups -OCH3 is 1. The summed E-state index contributed by atoms with van der Waals surface area (Å²) < 4.78 is 18.7. The summed E-state index contributed by atoms with van der Waals surface area (Å²) in [4.78, 5) is 13.5. The van der Waals surface area contributed by atoms with Gasteiger partial charge in [-0.2, -0.15) is 0 Å². The molecule has 0 aliphatic rings. The molecule has 0 fully saturated rings. The molecular weight excluding hydrogens is 307 g/mol. The molecule has 2 amide bonds. The Morgan fingerprint density at radius 2 is 1.95 bits per heavy atom. The predicted molar refractivity (Wildman–Crippen MR) is 84.9 cm³/mol. The zero-order chi connectivity index (χ0) is 16.1. The molecule has 22 heavy (non-hydrogen) atoms. The van der Waals surface area contributed by atoms with Crippen molar-refractivity contribution in [1.82, 2.24) is 4.90 Å². The van der Waals surface area contributed by atoms with Crippen molar-refractivity contribution in [3.8, 4) is 5.75 Å². The van der Waals surface area contributed by atoms with Crippen molar-refractivity contribution in [2.24, 2.45) is 0 Å². The number of anilines is 1. The van der Waals surface area contributed by atoms with Crippen LogP contribution < -0.4 is 10.1 Å². The van der Waals surface area contributed by atoms with Gasteiger partial charge in [0.15, 0.2) is 0 Å². The maximum absolute atomic E-state index is 13.7. The normalized spacial score (nSPS) is 10.2. The molecule has 0 atom stereocenters. The standard InChI is InChI=1S/C16H16ClFN2O2/c1-20(10-11-3-6-13(22-2)7-4-11)16(21)19-15-8-5-12(17)9-14(15)18/h3-9H,10H2,1-2H3,(H,19,21). The van der Waals surface area contributed by atoms with Crippen molar-refractivity contribution in [3.05, 3.63) is 58.9 Å². The van der Waals surface area contributed by atoms with E-state index in [2.05, 4.69) is 5.32 Å². The van der Waals surface area contributed by atoms with Crippen molar-refractivity contribution in [2.45, 2.75) is 6.54 Å². The number of hydrogen-bond acceptors (Lipinski definition) is 2. The van der Waals surface area contributed by atoms with Gasteiger partial charge in [-0.05, 0) is 35.9 Å². The Morgan fingerprint density at radius 1 is 1.27 bits per heavy atom. The third kappa shape index (κ3) is 4.11. The lowest BCUT2D eigenvalue weighted by Gasteiger charge is -2.18. The predicted octanol–water partition coefficient (Wildman–Crippen LogP) is 4.15. The number of halogens is 2. The second-order valence-corrected chi connectivity index (χ2v) is 5.19. The Morgan fingerprint density at radius 3 is 2.55 bits per heavy atom. The van der Waals surface area contributed by atoms with Crippen LogP contribution in [0.2, 0.25) is 5.02 Å². The Balaban J connectivity index is 1.99. The molecule has 0 radical (unpaired) electrons. The van der Waals surface area contributed by atoms with Crippen LogP contribution in [0.15, 0.2) is 42.5 Å². The fourth-order valence-electron chi connectivity index (χ4n) is 1.88. The zero-order valence-corrected chi connectivity index (χ0v) is 13.0. The number of carbonyl (C=O) groups excluding carboxylic acids is 1. The van der Waals surface area contributed by atoms with E-state index in [1.54, 1.807) is 14.2 Å². The molecule has 2 aromatic rings. The molecule has 6 heteroatoms. The van der Waals surface area contributed by atoms with Crippen LogP contribution in [-0.2, 0) is 6.54 Å². The first-order valence-corrected chi connectivity index (χ1v) is 6.97. The van der Waals surface area contributed by atoms with Gasteiger partial charge in [0.2, 0.25) is 0 Å². The third-order valence-corrected chi connectivity index (χ3v) is 3.33. The van der Waals surface area contributed by atoms with E-state index < -0.39 is 11.8 Å². The van der Waals surface area contributed by atoms with Crippen LogP contribution >= 0.6 is 11.6 Å². The molecule has 0 heterocycles. The Labute approximate surface area is 133 Å². The van der Waals surface area contributed by atoms with Crippen molar-refractivity contribution in [1.29, 1.82) is 0 Å². The largest absolute Gasteiger partial charge is 0.497 e. The minimum absolute atomic E-state index is 0.0935. The number of hydrogen-bond donors (Lipinski definition) is 1. The third-order valence-electron chi connectivity index (χ3n) is 3.10. The zero-order valence-electron chi connectivity index (χ0n) is 12.3. The molecule has 0 unspecified atom stereocenters. The fraction of sp³-hybridized carbons (Fsp3) is 0.188. The molecule has 2 rings (SSSR count). The smallest absolute Gasteiger partial charge is 0.321 e. The first-order chi connectivity index (χ1) is 10.5. The van der Waals surface area contributed by atoms with E-state index in [0.29, 0.717) is 6.54 Å². The highest BCUT2D eigenvalue weighted by molar-refractivity contribution is 6.30. The minimum atomic E-state index is -0.571. The van der Waals surface area contributed by atoms with Crippen molar-refractivity contribution in [3.63, 3.8) is 0 Å². The van der Waals surface area contributed by atoms with Crippen LogP contribution in [0, 0.1) is 5.82 Å². The van der Waals surface area contributed by atoms with Crippen molar-refractivity contribution in [2.75, 3.05) is 19.5 Å². The summed E-state index contributed by atoms with van der Waals surface area (Å²) in [5.41, 5.74) is 1.03. The van der Waals surface area contributed by atoms with Gasteiger partial charge >= 0.3 is 6.03 Å². The van der Waals surface area contributed by atoms with Gasteiger partial charge < -0.3 is 15.0 Å². The second kappa shape index (κ2) is 7.13. The molecule has 116 valence electrons. The van der Waals surface area contributed by atoms with E-state index in [9.17, 15) is 9.18 Å². The molecule has 4 nitrogen and oxygen atoms in total. The number of nitrogens with one attached hydrogen (secondary N) is 1. The highest BCUT2D eigenvalue weighted by Gasteiger charge is 2.12. The summed E-state index contributed by atoms with van der Waals surface area (Å²) in [5.74, 6) is 0.179. The second-order valence-electron chi connectivity index (χ2n) is 4.76. The van der Waals surface area contributed by atoms with E-state index in [0.717, 1.165) is 17.4 Å². The van der Waals surface area contributed by atoms with E-state index in [-0.39, 0.29) is 10.7 Å². The summed E-state index contributed by atoms with van der Waals surface area (Å²) in [6.45, 7) is 0.394. The molecular formula is C16H16ClFN2O2. The van der Waals surface area contributed by atoms with Gasteiger partial charge in [0.25, 0.3) is 0 Å². The van der Waals surface area contributed by atoms with Gasteiger partial charge in [-0.15, -0.1) is 0 Å². The highest BCUT2D eigenvalue weighted by atomic mass is 35.5. The van der Waals surface area contributed by atoms with E-state index in [4.69, 9.17) is 16.3 Å². The monoisotopic (exact) mass is 322 g/mol. The molecule has 0 aliphatic carbocycles. The Hall–Kier alpha value is -2.27. The topological polar surface area (TPSA) is 41.6 Å². The van der Waals surface area contributed by atoms with Crippen LogP contribution in [0.1, 0.15) is 5.56 Å². The molecule has 0 spiro atoms. The SMILES string of the molecule is COc1ccc(CN(C)C(=O)Nc2ccc(Cl)cc2F)cc1. The maximum Gasteiger partial charge on any atom is 0.321 e. The summed E-state index contributed by atoms with van der Waals surface area (Å²) >= 11 is 5.67. The molecule has 0 aliphatic heterocycles. The number of ether oxygens (including phenoxy) is 1. The van der Waals surface area contributed by atoms with Gasteiger partial charge in [0.05, 0.1) is 12.8 Å². The quantitative estimate of drug-likeness (QED) is 0.918. The number of urea groups is 1. The average molecular weight is 323 g/mol. The molecule has 0 bridgehead atoms. The lowest BCUT2D eigenvalue weighted by atomic mass is 10.2. The summed E-state index contributed by atoms with van der Waals surface area (Å²) in [5, 5.41) is 2.79. The number of nitrogens with zero attached hydrogens (tertiary/aromatic N) is 1. The van der Waals surface area contributed by atoms with Gasteiger partial charge in [-0.25, -0.2) is 9.18 Å². The summed E-state index contributed by atoms with van der Waals surface area (Å²) in [6.07, 6.45) is 0. The average Bonchev–Trinajstić information content (AvgIpc) is 2.50. The van der Waals surface area contributed by atoms with Crippen LogP contribution in [-0.4, -0.2) is 25.1 Å². The molecule has 0 aromatic heterocycles. The number of rotatable bonds is 4. The lowest BCUT2D eigenvalue weighted by Crippen LogP contribution is -2.31. The lowest BCUT2D eigenvalue weighted by molar-refractivity contribution is 0.220. The van der Waals surface area contributed by atoms with Crippen LogP contribution in [0.5, 0.6) is 5.75 Å². The summed E-state index contributed by atoms with van der Waals surface area (Å²) in [7, 11) is 3.22. The Kier molecular flexibility index (Phi) is 5.22. The Bertz CT molecular complexity index is 662.